The summed E-state index contributed by atoms with van der Waals surface area (Å²) in [7, 11) is 5.59. The maximum Gasteiger partial charge on any atom is 0.223 e. The van der Waals surface area contributed by atoms with Gasteiger partial charge < -0.3 is 25.0 Å². The van der Waals surface area contributed by atoms with Crippen molar-refractivity contribution < 1.29 is 19.1 Å². The van der Waals surface area contributed by atoms with Crippen LogP contribution in [0.15, 0.2) is 24.3 Å². The number of methoxy groups -OCH3 is 1. The third kappa shape index (κ3) is 7.38. The predicted octanol–water partition coefficient (Wildman–Crippen LogP) is 1.67. The van der Waals surface area contributed by atoms with E-state index in [4.69, 9.17) is 9.47 Å². The number of rotatable bonds is 10. The van der Waals surface area contributed by atoms with Crippen molar-refractivity contribution in [2.45, 2.75) is 25.7 Å². The van der Waals surface area contributed by atoms with Gasteiger partial charge in [0.05, 0.1) is 13.7 Å². The van der Waals surface area contributed by atoms with Gasteiger partial charge in [-0.15, -0.1) is 0 Å². The molecule has 0 aliphatic heterocycles. The molecule has 2 N–H and O–H groups in total. The molecule has 2 amide bonds. The van der Waals surface area contributed by atoms with E-state index in [1.54, 1.807) is 7.11 Å². The van der Waals surface area contributed by atoms with Crippen molar-refractivity contribution in [3.8, 4) is 11.5 Å². The highest BCUT2D eigenvalue weighted by atomic mass is 16.5. The van der Waals surface area contributed by atoms with Crippen LogP contribution in [0.2, 0.25) is 0 Å². The van der Waals surface area contributed by atoms with Gasteiger partial charge in [-0.1, -0.05) is 0 Å². The fraction of sp³-hybridized carbons (Fsp3) is 0.619. The molecule has 1 fully saturated rings. The molecule has 0 heterocycles. The van der Waals surface area contributed by atoms with Crippen LogP contribution in [0.4, 0.5) is 0 Å². The first kappa shape index (κ1) is 22.0. The predicted molar refractivity (Wildman–Crippen MR) is 109 cm³/mol. The minimum atomic E-state index is -0.00758. The Hall–Kier alpha value is -2.28. The van der Waals surface area contributed by atoms with Gasteiger partial charge in [-0.05, 0) is 64.0 Å². The highest BCUT2D eigenvalue weighted by Crippen LogP contribution is 2.29. The maximum absolute atomic E-state index is 12.3. The van der Waals surface area contributed by atoms with Crippen molar-refractivity contribution in [3.05, 3.63) is 24.3 Å². The summed E-state index contributed by atoms with van der Waals surface area (Å²) in [4.78, 5) is 26.6. The van der Waals surface area contributed by atoms with Crippen molar-refractivity contribution >= 4 is 11.8 Å². The molecule has 1 aromatic carbocycles. The van der Waals surface area contributed by atoms with Crippen molar-refractivity contribution in [1.29, 1.82) is 0 Å². The summed E-state index contributed by atoms with van der Waals surface area (Å²) in [5.41, 5.74) is 0. The number of carbonyl (C=O) groups is 2. The van der Waals surface area contributed by atoms with Crippen LogP contribution in [0.5, 0.6) is 11.5 Å². The van der Waals surface area contributed by atoms with Crippen molar-refractivity contribution in [3.63, 3.8) is 0 Å². The van der Waals surface area contributed by atoms with Crippen LogP contribution in [0, 0.1) is 11.8 Å². The first-order valence-electron chi connectivity index (χ1n) is 9.96. The second-order valence-electron chi connectivity index (χ2n) is 7.46. The molecule has 7 nitrogen and oxygen atoms in total. The van der Waals surface area contributed by atoms with Crippen LogP contribution in [0.3, 0.4) is 0 Å². The zero-order valence-corrected chi connectivity index (χ0v) is 17.2. The highest BCUT2D eigenvalue weighted by Gasteiger charge is 2.29. The molecule has 0 spiro atoms. The Kier molecular flexibility index (Phi) is 9.07. The van der Waals surface area contributed by atoms with Crippen LogP contribution >= 0.6 is 0 Å². The van der Waals surface area contributed by atoms with Crippen LogP contribution in [-0.4, -0.2) is 64.2 Å². The van der Waals surface area contributed by atoms with Crippen LogP contribution in [-0.2, 0) is 9.59 Å². The Labute approximate surface area is 167 Å². The van der Waals surface area contributed by atoms with Gasteiger partial charge in [0, 0.05) is 24.9 Å². The molecule has 0 aromatic heterocycles. The largest absolute Gasteiger partial charge is 0.497 e. The number of ether oxygens (including phenoxy) is 2. The molecule has 0 unspecified atom stereocenters. The third-order valence-electron chi connectivity index (χ3n) is 5.06. The van der Waals surface area contributed by atoms with Gasteiger partial charge in [0.2, 0.25) is 11.8 Å². The van der Waals surface area contributed by atoms with Gasteiger partial charge in [0.1, 0.15) is 18.1 Å². The van der Waals surface area contributed by atoms with Crippen molar-refractivity contribution in [2.75, 3.05) is 47.4 Å². The minimum absolute atomic E-state index is 0.00758. The van der Waals surface area contributed by atoms with Gasteiger partial charge in [-0.25, -0.2) is 0 Å². The van der Waals surface area contributed by atoms with Gasteiger partial charge in [0.15, 0.2) is 0 Å². The summed E-state index contributed by atoms with van der Waals surface area (Å²) in [6.45, 7) is 2.39. The number of amides is 2. The first-order valence-corrected chi connectivity index (χ1v) is 9.96. The van der Waals surface area contributed by atoms with E-state index in [2.05, 4.69) is 10.6 Å². The van der Waals surface area contributed by atoms with Crippen LogP contribution in [0.25, 0.3) is 0 Å². The Balaban J connectivity index is 1.60. The van der Waals surface area contributed by atoms with E-state index in [1.807, 2.05) is 43.3 Å². The second kappa shape index (κ2) is 11.5. The fourth-order valence-corrected chi connectivity index (χ4v) is 3.32. The number of benzene rings is 1. The topological polar surface area (TPSA) is 79.9 Å². The molecule has 0 saturated heterocycles. The lowest BCUT2D eigenvalue weighted by Gasteiger charge is -2.27. The average molecular weight is 392 g/mol. The van der Waals surface area contributed by atoms with E-state index in [0.29, 0.717) is 19.7 Å². The molecule has 0 atom stereocenters. The molecule has 28 heavy (non-hydrogen) atoms. The van der Waals surface area contributed by atoms with E-state index in [-0.39, 0.29) is 23.7 Å². The summed E-state index contributed by atoms with van der Waals surface area (Å²) in [5.74, 6) is 1.73. The van der Waals surface area contributed by atoms with Crippen molar-refractivity contribution in [1.82, 2.24) is 15.5 Å². The first-order chi connectivity index (χ1) is 13.5. The fourth-order valence-electron chi connectivity index (χ4n) is 3.32. The lowest BCUT2D eigenvalue weighted by atomic mass is 9.81. The molecule has 0 bridgehead atoms. The molecule has 1 aromatic rings. The Bertz CT molecular complexity index is 611. The zero-order chi connectivity index (χ0) is 20.4. The molecule has 1 aliphatic rings. The van der Waals surface area contributed by atoms with Crippen LogP contribution < -0.4 is 20.1 Å². The van der Waals surface area contributed by atoms with E-state index < -0.39 is 0 Å². The van der Waals surface area contributed by atoms with E-state index >= 15 is 0 Å². The summed E-state index contributed by atoms with van der Waals surface area (Å²) in [6.07, 6.45) is 3.07. The summed E-state index contributed by atoms with van der Waals surface area (Å²) >= 11 is 0. The lowest BCUT2D eigenvalue weighted by molar-refractivity contribution is -0.130. The highest BCUT2D eigenvalue weighted by molar-refractivity contribution is 5.81. The quantitative estimate of drug-likeness (QED) is 0.593. The van der Waals surface area contributed by atoms with Gasteiger partial charge in [-0.2, -0.15) is 0 Å². The minimum Gasteiger partial charge on any atom is -0.497 e. The molecular weight excluding hydrogens is 358 g/mol. The molecule has 2 rings (SSSR count). The summed E-state index contributed by atoms with van der Waals surface area (Å²) in [6, 6.07) is 7.35. The maximum atomic E-state index is 12.3. The summed E-state index contributed by atoms with van der Waals surface area (Å²) < 4.78 is 10.7. The number of nitrogens with one attached hydrogen (secondary N) is 2. The monoisotopic (exact) mass is 391 g/mol. The SMILES string of the molecule is COc1ccc(OCCNC(=O)C2CCC(C(=O)NCCN(C)C)CC2)cc1. The van der Waals surface area contributed by atoms with Gasteiger partial charge in [-0.3, -0.25) is 9.59 Å². The van der Waals surface area contributed by atoms with Crippen LogP contribution in [0.1, 0.15) is 25.7 Å². The van der Waals surface area contributed by atoms with E-state index in [1.165, 1.54) is 0 Å². The number of likely N-dealkylation sites (N-methyl/N-ethyl adjacent to an activating group) is 1. The molecule has 1 aliphatic carbocycles. The Morgan fingerprint density at radius 1 is 0.929 bits per heavy atom. The standard InChI is InChI=1S/C21H33N3O4/c1-24(2)14-12-22-20(25)16-4-6-17(7-5-16)21(26)23-13-15-28-19-10-8-18(27-3)9-11-19/h8-11,16-17H,4-7,12-15H2,1-3H3,(H,22,25)(H,23,26). The van der Waals surface area contributed by atoms with Gasteiger partial charge >= 0.3 is 0 Å². The average Bonchev–Trinajstić information content (AvgIpc) is 2.71. The smallest absolute Gasteiger partial charge is 0.223 e. The summed E-state index contributed by atoms with van der Waals surface area (Å²) in [5, 5.41) is 5.93. The Morgan fingerprint density at radius 3 is 1.93 bits per heavy atom. The second-order valence-corrected chi connectivity index (χ2v) is 7.46. The van der Waals surface area contributed by atoms with Gasteiger partial charge in [0.25, 0.3) is 0 Å². The molecule has 7 heteroatoms. The number of hydrogen-bond donors (Lipinski definition) is 2. The van der Waals surface area contributed by atoms with E-state index in [9.17, 15) is 9.59 Å². The number of carbonyl (C=O) groups excluding carboxylic acids is 2. The van der Waals surface area contributed by atoms with Crippen molar-refractivity contribution in [2.24, 2.45) is 11.8 Å². The Morgan fingerprint density at radius 2 is 1.43 bits per heavy atom. The van der Waals surface area contributed by atoms with E-state index in [0.717, 1.165) is 43.7 Å². The third-order valence-corrected chi connectivity index (χ3v) is 5.06. The molecule has 1 saturated carbocycles. The normalized spacial score (nSPS) is 19.1. The number of nitrogens with zero attached hydrogens (tertiary/aromatic N) is 1. The lowest BCUT2D eigenvalue weighted by Crippen LogP contribution is -2.40. The number of hydrogen-bond acceptors (Lipinski definition) is 5. The molecular formula is C21H33N3O4. The molecule has 156 valence electrons. The molecule has 0 radical (unpaired) electrons. The zero-order valence-electron chi connectivity index (χ0n) is 17.2.